The van der Waals surface area contributed by atoms with E-state index in [1.165, 1.54) is 0 Å². The van der Waals surface area contributed by atoms with E-state index < -0.39 is 34.7 Å². The fourth-order valence-electron chi connectivity index (χ4n) is 1.40. The smallest absolute Gasteiger partial charge is 0.254 e. The summed E-state index contributed by atoms with van der Waals surface area (Å²) in [7, 11) is 0. The number of alkyl halides is 1. The van der Waals surface area contributed by atoms with Crippen molar-refractivity contribution in [2.45, 2.75) is 24.6 Å². The molecule has 106 valence electrons. The van der Waals surface area contributed by atoms with Crippen LogP contribution in [0.2, 0.25) is 0 Å². The Morgan fingerprint density at radius 2 is 2.05 bits per heavy atom. The Morgan fingerprint density at radius 3 is 2.63 bits per heavy atom. The lowest BCUT2D eigenvalue weighted by Gasteiger charge is -2.10. The molecule has 0 aliphatic carbocycles. The standard InChI is InChI=1S/C12H13BrF3NO2/c1-2-6(13)3-4-17-12(19)7-5-8(14)10(16)11(18)9(7)15/h5-6,18H,2-4H2,1H3,(H,17,19). The molecule has 0 saturated heterocycles. The summed E-state index contributed by atoms with van der Waals surface area (Å²) in [4.78, 5) is 11.8. The van der Waals surface area contributed by atoms with Crippen LogP contribution in [0.1, 0.15) is 30.1 Å². The van der Waals surface area contributed by atoms with Gasteiger partial charge in [-0.05, 0) is 18.9 Å². The number of carbonyl (C=O) groups excluding carboxylic acids is 1. The number of phenolic OH excluding ortho intramolecular Hbond substituents is 1. The van der Waals surface area contributed by atoms with Crippen LogP contribution in [-0.2, 0) is 0 Å². The third kappa shape index (κ3) is 3.86. The van der Waals surface area contributed by atoms with Gasteiger partial charge in [-0.1, -0.05) is 22.9 Å². The highest BCUT2D eigenvalue weighted by molar-refractivity contribution is 9.09. The van der Waals surface area contributed by atoms with E-state index in [9.17, 15) is 18.0 Å². The monoisotopic (exact) mass is 339 g/mol. The number of phenols is 1. The van der Waals surface area contributed by atoms with Gasteiger partial charge in [-0.15, -0.1) is 0 Å². The van der Waals surface area contributed by atoms with Crippen LogP contribution in [0.4, 0.5) is 13.2 Å². The minimum absolute atomic E-state index is 0.205. The Bertz CT molecular complexity index is 483. The van der Waals surface area contributed by atoms with Crippen LogP contribution in [0, 0.1) is 17.5 Å². The second-order valence-electron chi connectivity index (χ2n) is 3.93. The molecule has 1 atom stereocenters. The molecule has 1 amide bonds. The first-order valence-electron chi connectivity index (χ1n) is 5.67. The van der Waals surface area contributed by atoms with Gasteiger partial charge in [0, 0.05) is 11.4 Å². The fraction of sp³-hybridized carbons (Fsp3) is 0.417. The van der Waals surface area contributed by atoms with Gasteiger partial charge in [0.05, 0.1) is 5.56 Å². The molecule has 0 aliphatic rings. The molecule has 2 N–H and O–H groups in total. The first-order valence-corrected chi connectivity index (χ1v) is 6.58. The number of halogens is 4. The molecule has 0 saturated carbocycles. The molecule has 0 heterocycles. The summed E-state index contributed by atoms with van der Waals surface area (Å²) in [6.07, 6.45) is 1.47. The molecule has 0 aromatic heterocycles. The van der Waals surface area contributed by atoms with Crippen LogP contribution in [0.3, 0.4) is 0 Å². The van der Waals surface area contributed by atoms with E-state index in [0.717, 1.165) is 6.42 Å². The van der Waals surface area contributed by atoms with E-state index in [1.54, 1.807) is 0 Å². The van der Waals surface area contributed by atoms with Gasteiger partial charge in [0.2, 0.25) is 5.82 Å². The summed E-state index contributed by atoms with van der Waals surface area (Å²) < 4.78 is 39.3. The normalized spacial score (nSPS) is 12.3. The van der Waals surface area contributed by atoms with Gasteiger partial charge in [-0.2, -0.15) is 4.39 Å². The van der Waals surface area contributed by atoms with E-state index in [1.807, 2.05) is 6.92 Å². The minimum atomic E-state index is -1.71. The number of rotatable bonds is 5. The molecule has 0 fully saturated rings. The minimum Gasteiger partial charge on any atom is -0.503 e. The van der Waals surface area contributed by atoms with Crippen molar-refractivity contribution in [3.63, 3.8) is 0 Å². The lowest BCUT2D eigenvalue weighted by molar-refractivity contribution is 0.0947. The van der Waals surface area contributed by atoms with Crippen LogP contribution in [0.5, 0.6) is 5.75 Å². The van der Waals surface area contributed by atoms with Gasteiger partial charge < -0.3 is 10.4 Å². The molecule has 1 aromatic carbocycles. The van der Waals surface area contributed by atoms with E-state index in [0.29, 0.717) is 12.5 Å². The number of carbonyl (C=O) groups is 1. The first-order chi connectivity index (χ1) is 8.88. The molecule has 19 heavy (non-hydrogen) atoms. The highest BCUT2D eigenvalue weighted by Crippen LogP contribution is 2.25. The summed E-state index contributed by atoms with van der Waals surface area (Å²) >= 11 is 3.36. The number of amides is 1. The zero-order valence-electron chi connectivity index (χ0n) is 10.1. The summed E-state index contributed by atoms with van der Waals surface area (Å²) in [5.41, 5.74) is -0.723. The predicted octanol–water partition coefficient (Wildman–Crippen LogP) is 3.10. The lowest BCUT2D eigenvalue weighted by Crippen LogP contribution is -2.27. The molecule has 1 unspecified atom stereocenters. The Kier molecular flexibility index (Phi) is 5.65. The van der Waals surface area contributed by atoms with Crippen molar-refractivity contribution in [1.82, 2.24) is 5.32 Å². The topological polar surface area (TPSA) is 49.3 Å². The summed E-state index contributed by atoms with van der Waals surface area (Å²) in [6, 6.07) is 0.422. The molecule has 0 radical (unpaired) electrons. The molecule has 0 bridgehead atoms. The second-order valence-corrected chi connectivity index (χ2v) is 5.23. The lowest BCUT2D eigenvalue weighted by atomic mass is 10.1. The Morgan fingerprint density at radius 1 is 1.42 bits per heavy atom. The quantitative estimate of drug-likeness (QED) is 0.639. The number of nitrogens with one attached hydrogen (secondary N) is 1. The highest BCUT2D eigenvalue weighted by Gasteiger charge is 2.22. The molecule has 0 aliphatic heterocycles. The number of hydrogen-bond donors (Lipinski definition) is 2. The van der Waals surface area contributed by atoms with Crippen molar-refractivity contribution in [2.24, 2.45) is 0 Å². The average Bonchev–Trinajstić information content (AvgIpc) is 2.39. The largest absolute Gasteiger partial charge is 0.503 e. The van der Waals surface area contributed by atoms with Gasteiger partial charge >= 0.3 is 0 Å². The Balaban J connectivity index is 2.78. The Labute approximate surface area is 116 Å². The van der Waals surface area contributed by atoms with Crippen LogP contribution in [-0.4, -0.2) is 22.4 Å². The average molecular weight is 340 g/mol. The van der Waals surface area contributed by atoms with Crippen LogP contribution >= 0.6 is 15.9 Å². The summed E-state index contributed by atoms with van der Waals surface area (Å²) in [5.74, 6) is -7.04. The first kappa shape index (κ1) is 15.8. The van der Waals surface area contributed by atoms with E-state index >= 15 is 0 Å². The number of benzene rings is 1. The van der Waals surface area contributed by atoms with Gasteiger partial charge in [0.25, 0.3) is 5.91 Å². The van der Waals surface area contributed by atoms with Gasteiger partial charge in [0.15, 0.2) is 17.4 Å². The van der Waals surface area contributed by atoms with Crippen molar-refractivity contribution in [1.29, 1.82) is 0 Å². The molecule has 7 heteroatoms. The van der Waals surface area contributed by atoms with Gasteiger partial charge in [0.1, 0.15) is 0 Å². The SMILES string of the molecule is CCC(Br)CCNC(=O)c1cc(F)c(F)c(O)c1F. The summed E-state index contributed by atoms with van der Waals surface area (Å²) in [5, 5.41) is 11.4. The molecular formula is C12H13BrF3NO2. The van der Waals surface area contributed by atoms with E-state index in [-0.39, 0.29) is 11.4 Å². The predicted molar refractivity (Wildman–Crippen MR) is 67.9 cm³/mol. The maximum absolute atomic E-state index is 13.4. The maximum Gasteiger partial charge on any atom is 0.254 e. The van der Waals surface area contributed by atoms with Crippen molar-refractivity contribution < 1.29 is 23.1 Å². The Hall–Kier alpha value is -1.24. The molecule has 1 aromatic rings. The molecule has 3 nitrogen and oxygen atoms in total. The number of aromatic hydroxyl groups is 1. The molecule has 0 spiro atoms. The summed E-state index contributed by atoms with van der Waals surface area (Å²) in [6.45, 7) is 2.20. The van der Waals surface area contributed by atoms with Crippen LogP contribution in [0.25, 0.3) is 0 Å². The molecular weight excluding hydrogens is 327 g/mol. The molecule has 1 rings (SSSR count). The maximum atomic E-state index is 13.4. The van der Waals surface area contributed by atoms with Gasteiger partial charge in [-0.25, -0.2) is 8.78 Å². The van der Waals surface area contributed by atoms with Crippen molar-refractivity contribution in [2.75, 3.05) is 6.54 Å². The van der Waals surface area contributed by atoms with Gasteiger partial charge in [-0.3, -0.25) is 4.79 Å². The fourth-order valence-corrected chi connectivity index (χ4v) is 1.63. The third-order valence-corrected chi connectivity index (χ3v) is 3.67. The van der Waals surface area contributed by atoms with E-state index in [2.05, 4.69) is 21.2 Å². The highest BCUT2D eigenvalue weighted by atomic mass is 79.9. The zero-order chi connectivity index (χ0) is 14.6. The van der Waals surface area contributed by atoms with Crippen molar-refractivity contribution in [3.8, 4) is 5.75 Å². The van der Waals surface area contributed by atoms with Crippen molar-refractivity contribution in [3.05, 3.63) is 29.1 Å². The number of hydrogen-bond acceptors (Lipinski definition) is 2. The van der Waals surface area contributed by atoms with Crippen LogP contribution in [0.15, 0.2) is 6.07 Å². The second kappa shape index (κ2) is 6.79. The zero-order valence-corrected chi connectivity index (χ0v) is 11.7. The third-order valence-electron chi connectivity index (χ3n) is 2.56. The van der Waals surface area contributed by atoms with Crippen molar-refractivity contribution >= 4 is 21.8 Å². The van der Waals surface area contributed by atoms with E-state index in [4.69, 9.17) is 5.11 Å². The van der Waals surface area contributed by atoms with Crippen LogP contribution < -0.4 is 5.32 Å².